The van der Waals surface area contributed by atoms with Crippen molar-refractivity contribution in [1.29, 1.82) is 0 Å². The summed E-state index contributed by atoms with van der Waals surface area (Å²) in [5, 5.41) is 4.00. The van der Waals surface area contributed by atoms with Crippen molar-refractivity contribution in [3.05, 3.63) is 71.9 Å². The number of aromatic nitrogens is 3. The Hall–Kier alpha value is -3.29. The molecule has 0 aliphatic carbocycles. The number of carbonyl (C=O) groups excluding carboxylic acids is 1. The van der Waals surface area contributed by atoms with Crippen LogP contribution in [-0.4, -0.2) is 39.1 Å². The van der Waals surface area contributed by atoms with Crippen LogP contribution >= 0.6 is 0 Å². The zero-order valence-corrected chi connectivity index (χ0v) is 15.1. The maximum atomic E-state index is 12.9. The van der Waals surface area contributed by atoms with E-state index in [9.17, 15) is 9.18 Å². The normalized spacial score (nSPS) is 16.3. The smallest absolute Gasteiger partial charge is 0.256 e. The molecule has 7 nitrogen and oxygen atoms in total. The molecule has 0 N–H and O–H groups in total. The minimum atomic E-state index is -0.308. The topological polar surface area (TPSA) is 81.4 Å². The average molecular weight is 382 g/mol. The SMILES string of the molecule is O=C(c1cccnc1)N1CCCC1c1nc(CCOc2ccc(F)cc2)no1. The molecule has 3 heterocycles. The first-order valence-electron chi connectivity index (χ1n) is 9.12. The number of hydrogen-bond acceptors (Lipinski definition) is 6. The summed E-state index contributed by atoms with van der Waals surface area (Å²) >= 11 is 0. The van der Waals surface area contributed by atoms with E-state index in [4.69, 9.17) is 9.26 Å². The van der Waals surface area contributed by atoms with Gasteiger partial charge in [0.2, 0.25) is 5.89 Å². The average Bonchev–Trinajstić information content (AvgIpc) is 3.39. The van der Waals surface area contributed by atoms with Crippen molar-refractivity contribution in [2.45, 2.75) is 25.3 Å². The van der Waals surface area contributed by atoms with Gasteiger partial charge in [0.15, 0.2) is 5.82 Å². The quantitative estimate of drug-likeness (QED) is 0.651. The number of rotatable bonds is 6. The molecule has 1 amide bonds. The third-order valence-corrected chi connectivity index (χ3v) is 4.60. The summed E-state index contributed by atoms with van der Waals surface area (Å²) in [7, 11) is 0. The number of pyridine rings is 1. The molecule has 1 saturated heterocycles. The van der Waals surface area contributed by atoms with E-state index in [1.807, 2.05) is 0 Å². The van der Waals surface area contributed by atoms with Crippen LogP contribution in [0.1, 0.15) is 41.0 Å². The number of amides is 1. The van der Waals surface area contributed by atoms with Crippen molar-refractivity contribution < 1.29 is 18.4 Å². The van der Waals surface area contributed by atoms with Crippen molar-refractivity contribution >= 4 is 5.91 Å². The van der Waals surface area contributed by atoms with Gasteiger partial charge >= 0.3 is 0 Å². The van der Waals surface area contributed by atoms with Gasteiger partial charge in [-0.1, -0.05) is 5.16 Å². The number of halogens is 1. The highest BCUT2D eigenvalue weighted by molar-refractivity contribution is 5.94. The van der Waals surface area contributed by atoms with Crippen molar-refractivity contribution in [2.75, 3.05) is 13.2 Å². The lowest BCUT2D eigenvalue weighted by Crippen LogP contribution is -2.30. The van der Waals surface area contributed by atoms with Gasteiger partial charge in [-0.25, -0.2) is 4.39 Å². The fraction of sp³-hybridized carbons (Fsp3) is 0.300. The Balaban J connectivity index is 1.37. The van der Waals surface area contributed by atoms with E-state index < -0.39 is 0 Å². The lowest BCUT2D eigenvalue weighted by atomic mass is 10.2. The van der Waals surface area contributed by atoms with Gasteiger partial charge in [-0.15, -0.1) is 0 Å². The second-order valence-corrected chi connectivity index (χ2v) is 6.50. The van der Waals surface area contributed by atoms with Crippen LogP contribution in [-0.2, 0) is 6.42 Å². The molecule has 1 aromatic carbocycles. The number of likely N-dealkylation sites (tertiary alicyclic amines) is 1. The third-order valence-electron chi connectivity index (χ3n) is 4.60. The standard InChI is InChI=1S/C20H19FN4O3/c21-15-5-7-16(8-6-15)27-12-9-18-23-19(28-24-18)17-4-2-11-25(17)20(26)14-3-1-10-22-13-14/h1,3,5-8,10,13,17H,2,4,9,11-12H2. The van der Waals surface area contributed by atoms with Crippen LogP contribution in [0.25, 0.3) is 0 Å². The summed E-state index contributed by atoms with van der Waals surface area (Å²) in [6.07, 6.45) is 5.30. The van der Waals surface area contributed by atoms with E-state index in [2.05, 4.69) is 15.1 Å². The van der Waals surface area contributed by atoms with E-state index in [0.717, 1.165) is 12.8 Å². The molecule has 1 aliphatic heterocycles. The summed E-state index contributed by atoms with van der Waals surface area (Å²) in [4.78, 5) is 22.9. The van der Waals surface area contributed by atoms with Crippen molar-refractivity contribution in [2.24, 2.45) is 0 Å². The highest BCUT2D eigenvalue weighted by Gasteiger charge is 2.34. The lowest BCUT2D eigenvalue weighted by molar-refractivity contribution is 0.0709. The molecule has 2 aromatic heterocycles. The first kappa shape index (κ1) is 18.1. The summed E-state index contributed by atoms with van der Waals surface area (Å²) in [6, 6.07) is 9.08. The molecule has 1 unspecified atom stereocenters. The molecule has 1 fully saturated rings. The summed E-state index contributed by atoms with van der Waals surface area (Å²) in [5.74, 6) is 1.13. The first-order chi connectivity index (χ1) is 13.7. The van der Waals surface area contributed by atoms with Crippen LogP contribution < -0.4 is 4.74 Å². The molecule has 8 heteroatoms. The minimum Gasteiger partial charge on any atom is -0.493 e. The Labute approximate surface area is 161 Å². The number of nitrogens with zero attached hydrogens (tertiary/aromatic N) is 4. The lowest BCUT2D eigenvalue weighted by Gasteiger charge is -2.21. The van der Waals surface area contributed by atoms with Crippen molar-refractivity contribution in [1.82, 2.24) is 20.0 Å². The van der Waals surface area contributed by atoms with E-state index in [-0.39, 0.29) is 17.8 Å². The predicted molar refractivity (Wildman–Crippen MR) is 97.1 cm³/mol. The van der Waals surface area contributed by atoms with Gasteiger partial charge < -0.3 is 14.2 Å². The Morgan fingerprint density at radius 2 is 2.14 bits per heavy atom. The van der Waals surface area contributed by atoms with Gasteiger partial charge in [0.25, 0.3) is 5.91 Å². The summed E-state index contributed by atoms with van der Waals surface area (Å²) in [5.41, 5.74) is 0.543. The van der Waals surface area contributed by atoms with Crippen molar-refractivity contribution in [3.63, 3.8) is 0 Å². The molecular formula is C20H19FN4O3. The van der Waals surface area contributed by atoms with Gasteiger partial charge in [-0.2, -0.15) is 4.98 Å². The van der Waals surface area contributed by atoms with E-state index >= 15 is 0 Å². The Kier molecular flexibility index (Phi) is 5.27. The van der Waals surface area contributed by atoms with Gasteiger partial charge in [0.05, 0.1) is 12.2 Å². The molecule has 0 radical (unpaired) electrons. The molecule has 0 spiro atoms. The number of carbonyl (C=O) groups is 1. The van der Waals surface area contributed by atoms with Gasteiger partial charge in [0.1, 0.15) is 17.6 Å². The molecule has 1 aliphatic rings. The fourth-order valence-electron chi connectivity index (χ4n) is 3.22. The molecule has 4 rings (SSSR count). The van der Waals surface area contributed by atoms with E-state index in [1.54, 1.807) is 41.6 Å². The molecule has 0 saturated carbocycles. The monoisotopic (exact) mass is 382 g/mol. The minimum absolute atomic E-state index is 0.0880. The van der Waals surface area contributed by atoms with Crippen LogP contribution in [0.3, 0.4) is 0 Å². The largest absolute Gasteiger partial charge is 0.493 e. The van der Waals surface area contributed by atoms with Crippen LogP contribution in [0.2, 0.25) is 0 Å². The number of benzene rings is 1. The molecule has 0 bridgehead atoms. The number of ether oxygens (including phenoxy) is 1. The fourth-order valence-corrected chi connectivity index (χ4v) is 3.22. The molecule has 3 aromatic rings. The van der Waals surface area contributed by atoms with Crippen molar-refractivity contribution in [3.8, 4) is 5.75 Å². The zero-order valence-electron chi connectivity index (χ0n) is 15.1. The number of hydrogen-bond donors (Lipinski definition) is 0. The summed E-state index contributed by atoms with van der Waals surface area (Å²) < 4.78 is 23.9. The molecular weight excluding hydrogens is 363 g/mol. The van der Waals surface area contributed by atoms with Crippen LogP contribution in [0, 0.1) is 5.82 Å². The van der Waals surface area contributed by atoms with E-state index in [0.29, 0.717) is 42.6 Å². The zero-order chi connectivity index (χ0) is 19.3. The molecule has 1 atom stereocenters. The Morgan fingerprint density at radius 1 is 1.29 bits per heavy atom. The third kappa shape index (κ3) is 4.00. The Morgan fingerprint density at radius 3 is 2.93 bits per heavy atom. The maximum Gasteiger partial charge on any atom is 0.256 e. The highest BCUT2D eigenvalue weighted by atomic mass is 19.1. The highest BCUT2D eigenvalue weighted by Crippen LogP contribution is 2.32. The van der Waals surface area contributed by atoms with Crippen LogP contribution in [0.15, 0.2) is 53.3 Å². The van der Waals surface area contributed by atoms with Gasteiger partial charge in [-0.05, 0) is 49.2 Å². The van der Waals surface area contributed by atoms with Crippen LogP contribution in [0.5, 0.6) is 5.75 Å². The first-order valence-corrected chi connectivity index (χ1v) is 9.12. The molecule has 28 heavy (non-hydrogen) atoms. The maximum absolute atomic E-state index is 12.9. The predicted octanol–water partition coefficient (Wildman–Crippen LogP) is 3.20. The second kappa shape index (κ2) is 8.16. The van der Waals surface area contributed by atoms with Gasteiger partial charge in [-0.3, -0.25) is 9.78 Å². The molecule has 144 valence electrons. The van der Waals surface area contributed by atoms with E-state index in [1.165, 1.54) is 12.1 Å². The van der Waals surface area contributed by atoms with Crippen LogP contribution in [0.4, 0.5) is 4.39 Å². The van der Waals surface area contributed by atoms with Gasteiger partial charge in [0, 0.05) is 25.4 Å². The Bertz CT molecular complexity index is 930. The summed E-state index contributed by atoms with van der Waals surface area (Å²) in [6.45, 7) is 0.984. The second-order valence-electron chi connectivity index (χ2n) is 6.50.